The Hall–Kier alpha value is -6.54. The van der Waals surface area contributed by atoms with Crippen LogP contribution >= 0.6 is 0 Å². The molecule has 5 aromatic carbocycles. The largest absolute Gasteiger partial charge is 0.497 e. The Kier molecular flexibility index (Phi) is 9.16. The summed E-state index contributed by atoms with van der Waals surface area (Å²) in [6.45, 7) is 0.689. The normalized spacial score (nSPS) is 10.9. The van der Waals surface area contributed by atoms with Gasteiger partial charge >= 0.3 is 0 Å². The molecule has 2 aromatic heterocycles. The molecule has 50 heavy (non-hydrogen) atoms. The van der Waals surface area contributed by atoms with E-state index in [1.165, 1.54) is 0 Å². The Morgan fingerprint density at radius 1 is 0.520 bits per heavy atom. The van der Waals surface area contributed by atoms with Gasteiger partial charge in [0, 0.05) is 35.0 Å². The van der Waals surface area contributed by atoms with Crippen molar-refractivity contribution >= 4 is 33.6 Å². The van der Waals surface area contributed by atoms with Crippen molar-refractivity contribution in [1.82, 2.24) is 20.6 Å². The molecule has 2 N–H and O–H groups in total. The van der Waals surface area contributed by atoms with Gasteiger partial charge in [-0.15, -0.1) is 0 Å². The smallest absolute Gasteiger partial charge is 0.252 e. The van der Waals surface area contributed by atoms with Gasteiger partial charge in [0.1, 0.15) is 11.5 Å². The predicted molar refractivity (Wildman–Crippen MR) is 196 cm³/mol. The van der Waals surface area contributed by atoms with E-state index in [-0.39, 0.29) is 11.8 Å². The Labute approximate surface area is 289 Å². The second-order valence-corrected chi connectivity index (χ2v) is 11.8. The van der Waals surface area contributed by atoms with Crippen LogP contribution < -0.4 is 20.1 Å². The summed E-state index contributed by atoms with van der Waals surface area (Å²) in [4.78, 5) is 36.6. The maximum absolute atomic E-state index is 13.5. The Balaban J connectivity index is 1.03. The molecular weight excluding hydrogens is 624 g/mol. The maximum Gasteiger partial charge on any atom is 0.252 e. The fourth-order valence-corrected chi connectivity index (χ4v) is 5.88. The second-order valence-electron chi connectivity index (χ2n) is 11.8. The van der Waals surface area contributed by atoms with Gasteiger partial charge in [-0.2, -0.15) is 0 Å². The summed E-state index contributed by atoms with van der Waals surface area (Å²) in [6, 6.07) is 42.0. The molecule has 0 aliphatic carbocycles. The van der Waals surface area contributed by atoms with E-state index in [0.29, 0.717) is 35.6 Å². The number of hydrogen-bond donors (Lipinski definition) is 2. The molecule has 0 radical (unpaired) electrons. The first-order valence-electron chi connectivity index (χ1n) is 16.2. The zero-order valence-electron chi connectivity index (χ0n) is 27.6. The highest BCUT2D eigenvalue weighted by Crippen LogP contribution is 2.28. The number of benzene rings is 5. The minimum atomic E-state index is -0.187. The summed E-state index contributed by atoms with van der Waals surface area (Å²) in [5, 5.41) is 7.70. The number of carbonyl (C=O) groups excluding carboxylic acids is 2. The lowest BCUT2D eigenvalue weighted by Gasteiger charge is -2.12. The monoisotopic (exact) mass is 658 g/mol. The molecule has 8 heteroatoms. The van der Waals surface area contributed by atoms with Crippen molar-refractivity contribution in [2.24, 2.45) is 0 Å². The van der Waals surface area contributed by atoms with Gasteiger partial charge in [-0.05, 0) is 83.9 Å². The molecule has 0 atom stereocenters. The minimum Gasteiger partial charge on any atom is -0.497 e. The van der Waals surface area contributed by atoms with Crippen molar-refractivity contribution in [3.05, 3.63) is 156 Å². The molecule has 0 aliphatic rings. The van der Waals surface area contributed by atoms with Crippen molar-refractivity contribution < 1.29 is 19.1 Å². The summed E-state index contributed by atoms with van der Waals surface area (Å²) in [5.74, 6) is 1.13. The van der Waals surface area contributed by atoms with Crippen LogP contribution in [0.5, 0.6) is 11.5 Å². The van der Waals surface area contributed by atoms with Crippen molar-refractivity contribution in [2.75, 3.05) is 14.2 Å². The third-order valence-corrected chi connectivity index (χ3v) is 8.62. The number of hydrogen-bond acceptors (Lipinski definition) is 6. The van der Waals surface area contributed by atoms with Crippen LogP contribution in [0.3, 0.4) is 0 Å². The number of rotatable bonds is 10. The molecular formula is C42H34N4O4. The molecule has 0 spiro atoms. The molecule has 0 unspecified atom stereocenters. The van der Waals surface area contributed by atoms with Gasteiger partial charge in [-0.1, -0.05) is 60.7 Å². The van der Waals surface area contributed by atoms with Crippen LogP contribution in [0.15, 0.2) is 133 Å². The van der Waals surface area contributed by atoms with Crippen LogP contribution in [0, 0.1) is 0 Å². The highest BCUT2D eigenvalue weighted by atomic mass is 16.5. The molecule has 0 saturated carbocycles. The van der Waals surface area contributed by atoms with Crippen LogP contribution in [-0.2, 0) is 13.1 Å². The van der Waals surface area contributed by atoms with Crippen LogP contribution in [0.2, 0.25) is 0 Å². The van der Waals surface area contributed by atoms with Crippen molar-refractivity contribution in [1.29, 1.82) is 0 Å². The lowest BCUT2D eigenvalue weighted by molar-refractivity contribution is 0.0944. The first-order valence-corrected chi connectivity index (χ1v) is 16.2. The maximum atomic E-state index is 13.5. The predicted octanol–water partition coefficient (Wildman–Crippen LogP) is 7.99. The first-order chi connectivity index (χ1) is 24.5. The summed E-state index contributed by atoms with van der Waals surface area (Å²) in [6.07, 6.45) is 0. The Morgan fingerprint density at radius 2 is 0.900 bits per heavy atom. The van der Waals surface area contributed by atoms with Crippen LogP contribution in [0.4, 0.5) is 0 Å². The number of amides is 2. The summed E-state index contributed by atoms with van der Waals surface area (Å²) in [7, 11) is 3.25. The quantitative estimate of drug-likeness (QED) is 0.154. The Bertz CT molecular complexity index is 2150. The van der Waals surface area contributed by atoms with E-state index in [1.807, 2.05) is 133 Å². The standard InChI is InChI=1S/C42H34N4O4/c1-49-31-19-15-29(16-20-31)39-23-35(33-7-3-5-9-37(33)45-39)41(47)43-25-27-11-13-28(14-12-27)26-44-42(48)36-24-40(30-17-21-32(50-2)22-18-30)46-38-10-6-4-8-34(36)38/h3-24H,25-26H2,1-2H3,(H,43,47)(H,44,48). The lowest BCUT2D eigenvalue weighted by Crippen LogP contribution is -2.24. The number of aromatic nitrogens is 2. The van der Waals surface area contributed by atoms with E-state index in [2.05, 4.69) is 10.6 Å². The van der Waals surface area contributed by atoms with E-state index < -0.39 is 0 Å². The number of ether oxygens (including phenoxy) is 2. The van der Waals surface area contributed by atoms with E-state index in [1.54, 1.807) is 14.2 Å². The van der Waals surface area contributed by atoms with Gasteiger partial charge in [-0.25, -0.2) is 9.97 Å². The molecule has 0 fully saturated rings. The van der Waals surface area contributed by atoms with Crippen molar-refractivity contribution in [3.63, 3.8) is 0 Å². The Morgan fingerprint density at radius 3 is 1.28 bits per heavy atom. The molecule has 2 heterocycles. The lowest BCUT2D eigenvalue weighted by atomic mass is 10.0. The second kappa shape index (κ2) is 14.3. The topological polar surface area (TPSA) is 102 Å². The average Bonchev–Trinajstić information content (AvgIpc) is 3.18. The molecule has 7 rings (SSSR count). The van der Waals surface area contributed by atoms with Crippen LogP contribution in [0.25, 0.3) is 44.3 Å². The first kappa shape index (κ1) is 32.0. The van der Waals surface area contributed by atoms with Gasteiger partial charge in [0.2, 0.25) is 0 Å². The van der Waals surface area contributed by atoms with E-state index in [0.717, 1.165) is 55.6 Å². The van der Waals surface area contributed by atoms with E-state index >= 15 is 0 Å². The molecule has 246 valence electrons. The van der Waals surface area contributed by atoms with Gasteiger partial charge in [-0.3, -0.25) is 9.59 Å². The SMILES string of the molecule is COc1ccc(-c2cc(C(=O)NCc3ccc(CNC(=O)c4cc(-c5ccc(OC)cc5)nc5ccccc45)cc3)c3ccccc3n2)cc1. The number of pyridine rings is 2. The average molecular weight is 659 g/mol. The van der Waals surface area contributed by atoms with Crippen molar-refractivity contribution in [3.8, 4) is 34.0 Å². The summed E-state index contributed by atoms with van der Waals surface area (Å²) >= 11 is 0. The molecule has 8 nitrogen and oxygen atoms in total. The third-order valence-electron chi connectivity index (χ3n) is 8.62. The minimum absolute atomic E-state index is 0.187. The molecule has 7 aromatic rings. The van der Waals surface area contributed by atoms with E-state index in [4.69, 9.17) is 19.4 Å². The molecule has 2 amide bonds. The summed E-state index contributed by atoms with van der Waals surface area (Å²) in [5.41, 5.74) is 7.67. The molecule has 0 saturated heterocycles. The number of nitrogens with one attached hydrogen (secondary N) is 2. The highest BCUT2D eigenvalue weighted by Gasteiger charge is 2.16. The molecule has 0 bridgehead atoms. The van der Waals surface area contributed by atoms with Crippen LogP contribution in [0.1, 0.15) is 31.8 Å². The zero-order chi connectivity index (χ0) is 34.5. The number of fused-ring (bicyclic) bond motifs is 2. The highest BCUT2D eigenvalue weighted by molar-refractivity contribution is 6.08. The van der Waals surface area contributed by atoms with Gasteiger partial charge in [0.05, 0.1) is 47.8 Å². The number of carbonyl (C=O) groups is 2. The fourth-order valence-electron chi connectivity index (χ4n) is 5.88. The number of nitrogens with zero attached hydrogens (tertiary/aromatic N) is 2. The van der Waals surface area contributed by atoms with Gasteiger partial charge in [0.15, 0.2) is 0 Å². The van der Waals surface area contributed by atoms with Gasteiger partial charge < -0.3 is 20.1 Å². The van der Waals surface area contributed by atoms with Crippen LogP contribution in [-0.4, -0.2) is 36.0 Å². The number of methoxy groups -OCH3 is 2. The van der Waals surface area contributed by atoms with E-state index in [9.17, 15) is 9.59 Å². The van der Waals surface area contributed by atoms with Gasteiger partial charge in [0.25, 0.3) is 11.8 Å². The zero-order valence-corrected chi connectivity index (χ0v) is 27.6. The number of para-hydroxylation sites is 2. The molecule has 0 aliphatic heterocycles. The fraction of sp³-hybridized carbons (Fsp3) is 0.0952. The van der Waals surface area contributed by atoms with Crippen molar-refractivity contribution in [2.45, 2.75) is 13.1 Å². The summed E-state index contributed by atoms with van der Waals surface area (Å²) < 4.78 is 10.6. The third kappa shape index (κ3) is 6.86.